The van der Waals surface area contributed by atoms with E-state index in [-0.39, 0.29) is 18.5 Å². The van der Waals surface area contributed by atoms with Gasteiger partial charge in [0.2, 0.25) is 11.8 Å². The van der Waals surface area contributed by atoms with Crippen molar-refractivity contribution in [1.29, 1.82) is 0 Å². The smallest absolute Gasteiger partial charge is 0.237 e. The molecule has 2 aliphatic rings. The van der Waals surface area contributed by atoms with E-state index in [9.17, 15) is 9.59 Å². The molecule has 4 N–H and O–H groups in total. The zero-order valence-electron chi connectivity index (χ0n) is 11.6. The molecule has 2 saturated carbocycles. The van der Waals surface area contributed by atoms with Crippen LogP contribution in [0.2, 0.25) is 0 Å². The van der Waals surface area contributed by atoms with E-state index in [0.29, 0.717) is 6.54 Å². The second-order valence-electron chi connectivity index (χ2n) is 6.03. The quantitative estimate of drug-likeness (QED) is 0.770. The van der Waals surface area contributed by atoms with Crippen molar-refractivity contribution in [2.45, 2.75) is 57.4 Å². The van der Waals surface area contributed by atoms with Crippen LogP contribution in [-0.4, -0.2) is 35.8 Å². The standard InChI is InChI=1S/C14H25N3O2/c15-10-14(7-3-4-8-14)13(19)17(9-12(16)18)11-5-1-2-6-11/h11H,1-10,15H2,(H2,16,18). The van der Waals surface area contributed by atoms with E-state index in [1.807, 2.05) is 0 Å². The Morgan fingerprint density at radius 1 is 1.11 bits per heavy atom. The first-order chi connectivity index (χ1) is 9.09. The molecule has 2 aliphatic carbocycles. The van der Waals surface area contributed by atoms with Gasteiger partial charge in [-0.15, -0.1) is 0 Å². The maximum atomic E-state index is 12.9. The van der Waals surface area contributed by atoms with Gasteiger partial charge in [0.25, 0.3) is 0 Å². The van der Waals surface area contributed by atoms with Crippen LogP contribution in [0.3, 0.4) is 0 Å². The molecule has 2 rings (SSSR count). The van der Waals surface area contributed by atoms with Gasteiger partial charge in [-0.05, 0) is 25.7 Å². The minimum absolute atomic E-state index is 0.0469. The number of rotatable bonds is 5. The molecule has 0 heterocycles. The monoisotopic (exact) mass is 267 g/mol. The largest absolute Gasteiger partial charge is 0.368 e. The topological polar surface area (TPSA) is 89.4 Å². The van der Waals surface area contributed by atoms with Crippen LogP contribution in [0.15, 0.2) is 0 Å². The van der Waals surface area contributed by atoms with Gasteiger partial charge in [0.15, 0.2) is 0 Å². The lowest BCUT2D eigenvalue weighted by atomic mass is 9.84. The van der Waals surface area contributed by atoms with Gasteiger partial charge in [0, 0.05) is 12.6 Å². The van der Waals surface area contributed by atoms with Crippen LogP contribution in [0, 0.1) is 5.41 Å². The molecule has 0 unspecified atom stereocenters. The molecule has 0 atom stereocenters. The Bertz CT molecular complexity index is 345. The zero-order chi connectivity index (χ0) is 13.9. The van der Waals surface area contributed by atoms with Crippen molar-refractivity contribution in [2.24, 2.45) is 16.9 Å². The number of carbonyl (C=O) groups is 2. The average molecular weight is 267 g/mol. The van der Waals surface area contributed by atoms with Crippen LogP contribution < -0.4 is 11.5 Å². The number of nitrogens with zero attached hydrogens (tertiary/aromatic N) is 1. The SMILES string of the molecule is NCC1(C(=O)N(CC(N)=O)C2CCCC2)CCCC1. The Balaban J connectivity index is 2.16. The summed E-state index contributed by atoms with van der Waals surface area (Å²) in [6.07, 6.45) is 8.04. The minimum atomic E-state index is -0.432. The highest BCUT2D eigenvalue weighted by Gasteiger charge is 2.44. The summed E-state index contributed by atoms with van der Waals surface area (Å²) >= 11 is 0. The lowest BCUT2D eigenvalue weighted by Crippen LogP contribution is -2.52. The van der Waals surface area contributed by atoms with Crippen molar-refractivity contribution < 1.29 is 9.59 Å². The number of hydrogen-bond acceptors (Lipinski definition) is 3. The van der Waals surface area contributed by atoms with Gasteiger partial charge in [0.05, 0.1) is 12.0 Å². The summed E-state index contributed by atoms with van der Waals surface area (Å²) in [5, 5.41) is 0. The lowest BCUT2D eigenvalue weighted by molar-refractivity contribution is -0.146. The van der Waals surface area contributed by atoms with Gasteiger partial charge in [0.1, 0.15) is 0 Å². The molecule has 0 bridgehead atoms. The minimum Gasteiger partial charge on any atom is -0.368 e. The van der Waals surface area contributed by atoms with Crippen LogP contribution in [-0.2, 0) is 9.59 Å². The maximum Gasteiger partial charge on any atom is 0.237 e. The molecule has 5 heteroatoms. The van der Waals surface area contributed by atoms with Crippen molar-refractivity contribution >= 4 is 11.8 Å². The Morgan fingerprint density at radius 2 is 1.68 bits per heavy atom. The van der Waals surface area contributed by atoms with Crippen molar-refractivity contribution in [1.82, 2.24) is 4.90 Å². The fourth-order valence-electron chi connectivity index (χ4n) is 3.61. The van der Waals surface area contributed by atoms with E-state index in [0.717, 1.165) is 51.4 Å². The van der Waals surface area contributed by atoms with E-state index in [4.69, 9.17) is 11.5 Å². The first-order valence-corrected chi connectivity index (χ1v) is 7.38. The van der Waals surface area contributed by atoms with Crippen LogP contribution in [0.5, 0.6) is 0 Å². The highest BCUT2D eigenvalue weighted by atomic mass is 16.2. The molecule has 0 aliphatic heterocycles. The molecule has 0 aromatic rings. The number of carbonyl (C=O) groups excluding carboxylic acids is 2. The number of primary amides is 1. The second-order valence-corrected chi connectivity index (χ2v) is 6.03. The third-order valence-electron chi connectivity index (χ3n) is 4.76. The van der Waals surface area contributed by atoms with Gasteiger partial charge in [-0.2, -0.15) is 0 Å². The normalized spacial score (nSPS) is 22.6. The Hall–Kier alpha value is -1.10. The zero-order valence-corrected chi connectivity index (χ0v) is 11.6. The third kappa shape index (κ3) is 2.91. The summed E-state index contributed by atoms with van der Waals surface area (Å²) in [6.45, 7) is 0.430. The van der Waals surface area contributed by atoms with Gasteiger partial charge in [-0.25, -0.2) is 0 Å². The van der Waals surface area contributed by atoms with Crippen LogP contribution in [0.4, 0.5) is 0 Å². The second kappa shape index (κ2) is 5.90. The summed E-state index contributed by atoms with van der Waals surface area (Å²) in [5.41, 5.74) is 10.8. The lowest BCUT2D eigenvalue weighted by Gasteiger charge is -2.36. The van der Waals surface area contributed by atoms with E-state index >= 15 is 0 Å². The molecule has 2 fully saturated rings. The van der Waals surface area contributed by atoms with E-state index in [1.165, 1.54) is 0 Å². The molecule has 0 aromatic heterocycles. The molecule has 5 nitrogen and oxygen atoms in total. The fraction of sp³-hybridized carbons (Fsp3) is 0.857. The highest BCUT2D eigenvalue weighted by Crippen LogP contribution is 2.40. The Morgan fingerprint density at radius 3 is 2.16 bits per heavy atom. The first-order valence-electron chi connectivity index (χ1n) is 7.38. The molecular formula is C14H25N3O2. The summed E-state index contributed by atoms with van der Waals surface area (Å²) in [6, 6.07) is 0.184. The van der Waals surface area contributed by atoms with Crippen molar-refractivity contribution in [3.8, 4) is 0 Å². The number of amides is 2. The molecule has 0 saturated heterocycles. The van der Waals surface area contributed by atoms with Crippen molar-refractivity contribution in [3.05, 3.63) is 0 Å². The average Bonchev–Trinajstić information content (AvgIpc) is 3.06. The molecule has 0 spiro atoms. The fourth-order valence-corrected chi connectivity index (χ4v) is 3.61. The van der Waals surface area contributed by atoms with E-state index < -0.39 is 11.3 Å². The summed E-state index contributed by atoms with van der Waals surface area (Å²) in [7, 11) is 0. The van der Waals surface area contributed by atoms with Gasteiger partial charge < -0.3 is 16.4 Å². The van der Waals surface area contributed by atoms with Crippen LogP contribution >= 0.6 is 0 Å². The first kappa shape index (κ1) is 14.3. The molecule has 19 heavy (non-hydrogen) atoms. The molecule has 0 aromatic carbocycles. The van der Waals surface area contributed by atoms with Crippen molar-refractivity contribution in [2.75, 3.05) is 13.1 Å². The summed E-state index contributed by atoms with van der Waals surface area (Å²) in [5.74, 6) is -0.358. The predicted molar refractivity (Wildman–Crippen MR) is 73.1 cm³/mol. The molecule has 108 valence electrons. The molecular weight excluding hydrogens is 242 g/mol. The van der Waals surface area contributed by atoms with Crippen molar-refractivity contribution in [3.63, 3.8) is 0 Å². The van der Waals surface area contributed by atoms with E-state index in [2.05, 4.69) is 0 Å². The Kier molecular flexibility index (Phi) is 4.45. The van der Waals surface area contributed by atoms with Crippen LogP contribution in [0.25, 0.3) is 0 Å². The molecule has 0 radical (unpaired) electrons. The van der Waals surface area contributed by atoms with Crippen LogP contribution in [0.1, 0.15) is 51.4 Å². The molecule has 2 amide bonds. The van der Waals surface area contributed by atoms with Gasteiger partial charge >= 0.3 is 0 Å². The van der Waals surface area contributed by atoms with E-state index in [1.54, 1.807) is 4.90 Å². The van der Waals surface area contributed by atoms with Gasteiger partial charge in [-0.1, -0.05) is 25.7 Å². The summed E-state index contributed by atoms with van der Waals surface area (Å²) < 4.78 is 0. The Labute approximate surface area is 114 Å². The maximum absolute atomic E-state index is 12.9. The summed E-state index contributed by atoms with van der Waals surface area (Å²) in [4.78, 5) is 25.9. The van der Waals surface area contributed by atoms with Gasteiger partial charge in [-0.3, -0.25) is 9.59 Å². The predicted octanol–water partition coefficient (Wildman–Crippen LogP) is 0.762. The number of hydrogen-bond donors (Lipinski definition) is 2. The highest BCUT2D eigenvalue weighted by molar-refractivity contribution is 5.88. The number of nitrogens with two attached hydrogens (primary N) is 2. The third-order valence-corrected chi connectivity index (χ3v) is 4.76.